The summed E-state index contributed by atoms with van der Waals surface area (Å²) in [5.41, 5.74) is 1.68. The molecule has 0 spiro atoms. The van der Waals surface area contributed by atoms with Crippen LogP contribution in [0.5, 0.6) is 0 Å². The van der Waals surface area contributed by atoms with Crippen LogP contribution in [0.4, 0.5) is 0 Å². The third-order valence-electron chi connectivity index (χ3n) is 2.74. The second kappa shape index (κ2) is 3.61. The van der Waals surface area contributed by atoms with Crippen LogP contribution in [0.2, 0.25) is 0 Å². The van der Waals surface area contributed by atoms with E-state index in [1.807, 2.05) is 36.4 Å². The van der Waals surface area contributed by atoms with Crippen LogP contribution in [0, 0.1) is 0 Å². The molecule has 0 aliphatic carbocycles. The molecule has 0 unspecified atom stereocenters. The number of Topliss-reactive ketones (excluding diaryl/α,β-unsaturated/α-hetero) is 1. The average molecular weight is 213 g/mol. The molecule has 1 aliphatic rings. The highest BCUT2D eigenvalue weighted by molar-refractivity contribution is 5.99. The number of aromatic nitrogens is 1. The number of hydrogen-bond donors (Lipinski definition) is 1. The first-order chi connectivity index (χ1) is 7.86. The molecule has 80 valence electrons. The molecule has 1 saturated heterocycles. The van der Waals surface area contributed by atoms with Crippen LogP contribution in [0.3, 0.4) is 0 Å². The Morgan fingerprint density at radius 2 is 1.94 bits per heavy atom. The summed E-state index contributed by atoms with van der Waals surface area (Å²) in [4.78, 5) is 14.8. The molecule has 1 aromatic carbocycles. The fourth-order valence-electron chi connectivity index (χ4n) is 1.84. The van der Waals surface area contributed by atoms with Gasteiger partial charge in [-0.25, -0.2) is 0 Å². The second-order valence-electron chi connectivity index (χ2n) is 3.84. The standard InChI is InChI=1S/C13H11NO2/c15-11(10-7-4-8-14-10)13-12(16-13)9-5-2-1-3-6-9/h1-8,12-14H/t12-,13-/m0/s1. The van der Waals surface area contributed by atoms with Crippen molar-refractivity contribution in [3.05, 3.63) is 59.9 Å². The average Bonchev–Trinajstić information content (AvgIpc) is 2.95. The lowest BCUT2D eigenvalue weighted by molar-refractivity contribution is 0.0949. The monoisotopic (exact) mass is 213 g/mol. The molecule has 0 saturated carbocycles. The molecule has 0 bridgehead atoms. The molecule has 2 heterocycles. The van der Waals surface area contributed by atoms with E-state index < -0.39 is 0 Å². The summed E-state index contributed by atoms with van der Waals surface area (Å²) in [6, 6.07) is 13.4. The Kier molecular flexibility index (Phi) is 2.11. The molecular formula is C13H11NO2. The summed E-state index contributed by atoms with van der Waals surface area (Å²) in [5.74, 6) is 0.0267. The van der Waals surface area contributed by atoms with Gasteiger partial charge in [0.05, 0.1) is 5.69 Å². The third-order valence-corrected chi connectivity index (χ3v) is 2.74. The normalized spacial score (nSPS) is 23.0. The number of H-pyrrole nitrogens is 1. The predicted octanol–water partition coefficient (Wildman–Crippen LogP) is 2.34. The van der Waals surface area contributed by atoms with E-state index in [9.17, 15) is 4.79 Å². The van der Waals surface area contributed by atoms with E-state index in [0.29, 0.717) is 5.69 Å². The van der Waals surface area contributed by atoms with E-state index in [-0.39, 0.29) is 18.0 Å². The molecule has 2 atom stereocenters. The van der Waals surface area contributed by atoms with E-state index >= 15 is 0 Å². The topological polar surface area (TPSA) is 45.4 Å². The van der Waals surface area contributed by atoms with Gasteiger partial charge in [-0.3, -0.25) is 4.79 Å². The zero-order chi connectivity index (χ0) is 11.0. The molecule has 2 aromatic rings. The molecular weight excluding hydrogens is 202 g/mol. The van der Waals surface area contributed by atoms with Crippen LogP contribution in [0.1, 0.15) is 22.2 Å². The smallest absolute Gasteiger partial charge is 0.210 e. The Balaban J connectivity index is 1.75. The van der Waals surface area contributed by atoms with Crippen molar-refractivity contribution in [2.24, 2.45) is 0 Å². The number of nitrogens with one attached hydrogen (secondary N) is 1. The number of benzene rings is 1. The highest BCUT2D eigenvalue weighted by Gasteiger charge is 2.46. The number of carbonyl (C=O) groups is 1. The van der Waals surface area contributed by atoms with Crippen molar-refractivity contribution in [1.82, 2.24) is 4.98 Å². The van der Waals surface area contributed by atoms with E-state index in [2.05, 4.69) is 4.98 Å². The van der Waals surface area contributed by atoms with Gasteiger partial charge >= 0.3 is 0 Å². The van der Waals surface area contributed by atoms with Gasteiger partial charge in [0.2, 0.25) is 5.78 Å². The summed E-state index contributed by atoms with van der Waals surface area (Å²) in [5, 5.41) is 0. The highest BCUT2D eigenvalue weighted by Crippen LogP contribution is 2.40. The number of aromatic amines is 1. The number of hydrogen-bond acceptors (Lipinski definition) is 2. The van der Waals surface area contributed by atoms with Crippen LogP contribution >= 0.6 is 0 Å². The van der Waals surface area contributed by atoms with Crippen molar-refractivity contribution < 1.29 is 9.53 Å². The second-order valence-corrected chi connectivity index (χ2v) is 3.84. The number of rotatable bonds is 3. The molecule has 3 heteroatoms. The highest BCUT2D eigenvalue weighted by atomic mass is 16.6. The Labute approximate surface area is 93.1 Å². The molecule has 1 N–H and O–H groups in total. The van der Waals surface area contributed by atoms with Gasteiger partial charge in [0.25, 0.3) is 0 Å². The molecule has 0 radical (unpaired) electrons. The van der Waals surface area contributed by atoms with Crippen LogP contribution in [0.15, 0.2) is 48.7 Å². The first kappa shape index (κ1) is 9.36. The summed E-state index contributed by atoms with van der Waals surface area (Å²) in [6.07, 6.45) is 1.35. The summed E-state index contributed by atoms with van der Waals surface area (Å²) < 4.78 is 5.42. The Hall–Kier alpha value is -1.87. The van der Waals surface area contributed by atoms with Gasteiger partial charge in [-0.2, -0.15) is 0 Å². The Morgan fingerprint density at radius 1 is 1.12 bits per heavy atom. The fraction of sp³-hybridized carbons (Fsp3) is 0.154. The van der Waals surface area contributed by atoms with Gasteiger partial charge in [0.15, 0.2) is 6.10 Å². The third kappa shape index (κ3) is 1.55. The van der Waals surface area contributed by atoms with Crippen molar-refractivity contribution in [1.29, 1.82) is 0 Å². The van der Waals surface area contributed by atoms with Gasteiger partial charge in [0, 0.05) is 6.20 Å². The molecule has 3 rings (SSSR count). The van der Waals surface area contributed by atoms with E-state index in [1.165, 1.54) is 0 Å². The largest absolute Gasteiger partial charge is 0.359 e. The number of carbonyl (C=O) groups excluding carboxylic acids is 1. The number of ether oxygens (including phenoxy) is 1. The summed E-state index contributed by atoms with van der Waals surface area (Å²) >= 11 is 0. The molecule has 1 aromatic heterocycles. The van der Waals surface area contributed by atoms with Crippen LogP contribution in [0.25, 0.3) is 0 Å². The SMILES string of the molecule is O=C(c1ccc[nH]1)[C@@H]1O[C@H]1c1ccccc1. The molecule has 3 nitrogen and oxygen atoms in total. The lowest BCUT2D eigenvalue weighted by Crippen LogP contribution is -2.08. The van der Waals surface area contributed by atoms with E-state index in [1.54, 1.807) is 12.3 Å². The number of epoxide rings is 1. The maximum absolute atomic E-state index is 11.9. The first-order valence-electron chi connectivity index (χ1n) is 5.24. The maximum atomic E-state index is 11.9. The maximum Gasteiger partial charge on any atom is 0.210 e. The minimum atomic E-state index is -0.318. The molecule has 1 fully saturated rings. The molecule has 0 amide bonds. The number of ketones is 1. The predicted molar refractivity (Wildman–Crippen MR) is 59.2 cm³/mol. The van der Waals surface area contributed by atoms with Crippen LogP contribution < -0.4 is 0 Å². The van der Waals surface area contributed by atoms with Crippen molar-refractivity contribution in [2.75, 3.05) is 0 Å². The van der Waals surface area contributed by atoms with Crippen molar-refractivity contribution in [3.63, 3.8) is 0 Å². The fourth-order valence-corrected chi connectivity index (χ4v) is 1.84. The Bertz CT molecular complexity index is 490. The molecule has 1 aliphatic heterocycles. The lowest BCUT2D eigenvalue weighted by Gasteiger charge is -1.94. The van der Waals surface area contributed by atoms with Crippen molar-refractivity contribution in [3.8, 4) is 0 Å². The van der Waals surface area contributed by atoms with Crippen molar-refractivity contribution >= 4 is 5.78 Å². The van der Waals surface area contributed by atoms with Crippen molar-refractivity contribution in [2.45, 2.75) is 12.2 Å². The van der Waals surface area contributed by atoms with Crippen LogP contribution in [-0.2, 0) is 4.74 Å². The summed E-state index contributed by atoms with van der Waals surface area (Å²) in [6.45, 7) is 0. The van der Waals surface area contributed by atoms with Gasteiger partial charge < -0.3 is 9.72 Å². The van der Waals surface area contributed by atoms with E-state index in [4.69, 9.17) is 4.74 Å². The Morgan fingerprint density at radius 3 is 2.62 bits per heavy atom. The quantitative estimate of drug-likeness (QED) is 0.628. The minimum absolute atomic E-state index is 0.0267. The zero-order valence-corrected chi connectivity index (χ0v) is 8.59. The van der Waals surface area contributed by atoms with Gasteiger partial charge in [-0.15, -0.1) is 0 Å². The van der Waals surface area contributed by atoms with Gasteiger partial charge in [0.1, 0.15) is 6.10 Å². The van der Waals surface area contributed by atoms with E-state index in [0.717, 1.165) is 5.56 Å². The van der Waals surface area contributed by atoms with Gasteiger partial charge in [-0.05, 0) is 17.7 Å². The first-order valence-corrected chi connectivity index (χ1v) is 5.24. The summed E-state index contributed by atoms with van der Waals surface area (Å²) in [7, 11) is 0. The van der Waals surface area contributed by atoms with Crippen LogP contribution in [-0.4, -0.2) is 16.9 Å². The minimum Gasteiger partial charge on any atom is -0.359 e. The molecule has 16 heavy (non-hydrogen) atoms. The van der Waals surface area contributed by atoms with Gasteiger partial charge in [-0.1, -0.05) is 30.3 Å². The lowest BCUT2D eigenvalue weighted by atomic mass is 10.1. The zero-order valence-electron chi connectivity index (χ0n) is 8.59.